The lowest BCUT2D eigenvalue weighted by Crippen LogP contribution is -2.67. The largest absolute Gasteiger partial charge is 0.413 e. The highest BCUT2D eigenvalue weighted by molar-refractivity contribution is 6.74. The zero-order valence-electron chi connectivity index (χ0n) is 16.3. The molecule has 0 saturated carbocycles. The lowest BCUT2D eigenvalue weighted by Gasteiger charge is -2.46. The lowest BCUT2D eigenvalue weighted by molar-refractivity contribution is -0.146. The minimum atomic E-state index is -1.97. The Kier molecular flexibility index (Phi) is 7.16. The standard InChI is InChI=1S/C17H33NO5Si/c1-11(13(19)9-22-10-21-6)15-14(16(20)18-15)12(2)23-24(7,8)17(3,4)5/h11-12,14-15H,9-10H2,1-8H3,(H,18,20)/t11-,12+,14+,15+/m0/s1. The molecule has 0 spiro atoms. The summed E-state index contributed by atoms with van der Waals surface area (Å²) in [4.78, 5) is 24.3. The molecule has 0 radical (unpaired) electrons. The Morgan fingerprint density at radius 2 is 1.88 bits per heavy atom. The Morgan fingerprint density at radius 3 is 2.33 bits per heavy atom. The van der Waals surface area contributed by atoms with Gasteiger partial charge in [0.1, 0.15) is 13.4 Å². The van der Waals surface area contributed by atoms with Gasteiger partial charge in [-0.3, -0.25) is 9.59 Å². The first-order chi connectivity index (χ1) is 10.9. The van der Waals surface area contributed by atoms with Crippen molar-refractivity contribution in [1.82, 2.24) is 5.32 Å². The summed E-state index contributed by atoms with van der Waals surface area (Å²) in [6, 6.07) is -0.198. The van der Waals surface area contributed by atoms with E-state index in [2.05, 4.69) is 39.2 Å². The van der Waals surface area contributed by atoms with Crippen LogP contribution in [0.5, 0.6) is 0 Å². The van der Waals surface area contributed by atoms with Crippen LogP contribution in [0.25, 0.3) is 0 Å². The summed E-state index contributed by atoms with van der Waals surface area (Å²) >= 11 is 0. The van der Waals surface area contributed by atoms with Gasteiger partial charge in [0.2, 0.25) is 5.91 Å². The average molecular weight is 360 g/mol. The third-order valence-corrected chi connectivity index (χ3v) is 9.86. The number of hydrogen-bond acceptors (Lipinski definition) is 5. The highest BCUT2D eigenvalue weighted by atomic mass is 28.4. The highest BCUT2D eigenvalue weighted by Crippen LogP contribution is 2.39. The Labute approximate surface area is 146 Å². The maximum absolute atomic E-state index is 12.2. The first kappa shape index (κ1) is 21.3. The van der Waals surface area contributed by atoms with Gasteiger partial charge in [0.15, 0.2) is 14.1 Å². The van der Waals surface area contributed by atoms with Crippen molar-refractivity contribution in [2.45, 2.75) is 64.9 Å². The van der Waals surface area contributed by atoms with Gasteiger partial charge in [0.05, 0.1) is 18.1 Å². The Balaban J connectivity index is 2.69. The lowest BCUT2D eigenvalue weighted by atomic mass is 9.77. The Morgan fingerprint density at radius 1 is 1.29 bits per heavy atom. The number of ketones is 1. The number of hydrogen-bond donors (Lipinski definition) is 1. The molecule has 0 aliphatic carbocycles. The van der Waals surface area contributed by atoms with Crippen LogP contribution in [0.2, 0.25) is 18.1 Å². The van der Waals surface area contributed by atoms with Crippen molar-refractivity contribution < 1.29 is 23.5 Å². The monoisotopic (exact) mass is 359 g/mol. The van der Waals surface area contributed by atoms with E-state index in [0.29, 0.717) is 0 Å². The molecule has 6 nitrogen and oxygen atoms in total. The molecule has 1 saturated heterocycles. The molecule has 0 aromatic carbocycles. The fourth-order valence-corrected chi connectivity index (χ4v) is 4.06. The molecule has 24 heavy (non-hydrogen) atoms. The third kappa shape index (κ3) is 4.88. The summed E-state index contributed by atoms with van der Waals surface area (Å²) in [7, 11) is -0.456. The number of ether oxygens (including phenoxy) is 2. The van der Waals surface area contributed by atoms with Gasteiger partial charge in [-0.15, -0.1) is 0 Å². The molecule has 1 heterocycles. The summed E-state index contributed by atoms with van der Waals surface area (Å²) in [5.41, 5.74) is 0. The Hall–Kier alpha value is -0.763. The molecular formula is C17H33NO5Si. The van der Waals surface area contributed by atoms with Crippen molar-refractivity contribution in [2.75, 3.05) is 20.5 Å². The molecule has 140 valence electrons. The summed E-state index contributed by atoms with van der Waals surface area (Å²) in [5, 5.41) is 2.93. The highest BCUT2D eigenvalue weighted by Gasteiger charge is 2.50. The second-order valence-corrected chi connectivity index (χ2v) is 12.9. The van der Waals surface area contributed by atoms with Crippen molar-refractivity contribution in [2.24, 2.45) is 11.8 Å². The van der Waals surface area contributed by atoms with Gasteiger partial charge in [0.25, 0.3) is 0 Å². The second kappa shape index (κ2) is 8.08. The zero-order chi connectivity index (χ0) is 18.7. The summed E-state index contributed by atoms with van der Waals surface area (Å²) in [5.74, 6) is -0.680. The van der Waals surface area contributed by atoms with E-state index < -0.39 is 8.32 Å². The van der Waals surface area contributed by atoms with Crippen molar-refractivity contribution in [3.8, 4) is 0 Å². The molecule has 1 amide bonds. The molecule has 4 atom stereocenters. The maximum Gasteiger partial charge on any atom is 0.228 e. The molecule has 0 bridgehead atoms. The van der Waals surface area contributed by atoms with Crippen LogP contribution in [0.3, 0.4) is 0 Å². The van der Waals surface area contributed by atoms with Crippen molar-refractivity contribution in [3.63, 3.8) is 0 Å². The van der Waals surface area contributed by atoms with E-state index in [1.807, 2.05) is 13.8 Å². The smallest absolute Gasteiger partial charge is 0.228 e. The van der Waals surface area contributed by atoms with Crippen molar-refractivity contribution in [1.29, 1.82) is 0 Å². The van der Waals surface area contributed by atoms with Crippen LogP contribution in [0.15, 0.2) is 0 Å². The summed E-state index contributed by atoms with van der Waals surface area (Å²) < 4.78 is 16.3. The predicted molar refractivity (Wildman–Crippen MR) is 95.2 cm³/mol. The number of Topliss-reactive ketones (excluding diaryl/α,β-unsaturated/α-hetero) is 1. The minimum Gasteiger partial charge on any atom is -0.413 e. The molecule has 0 aromatic heterocycles. The zero-order valence-corrected chi connectivity index (χ0v) is 17.3. The van der Waals surface area contributed by atoms with Gasteiger partial charge in [0, 0.05) is 13.0 Å². The first-order valence-corrected chi connectivity index (χ1v) is 11.4. The van der Waals surface area contributed by atoms with Crippen LogP contribution in [-0.4, -0.2) is 52.7 Å². The van der Waals surface area contributed by atoms with Gasteiger partial charge in [-0.1, -0.05) is 27.7 Å². The van der Waals surface area contributed by atoms with E-state index >= 15 is 0 Å². The van der Waals surface area contributed by atoms with Crippen LogP contribution in [-0.2, 0) is 23.5 Å². The topological polar surface area (TPSA) is 73.9 Å². The van der Waals surface area contributed by atoms with Crippen molar-refractivity contribution in [3.05, 3.63) is 0 Å². The molecule has 1 N–H and O–H groups in total. The van der Waals surface area contributed by atoms with E-state index in [9.17, 15) is 9.59 Å². The molecular weight excluding hydrogens is 326 g/mol. The number of β-lactam (4-membered cyclic amide) rings is 1. The Bertz CT molecular complexity index is 460. The molecule has 0 aromatic rings. The number of amides is 1. The normalized spacial score (nSPS) is 24.1. The van der Waals surface area contributed by atoms with E-state index in [0.717, 1.165) is 0 Å². The number of methoxy groups -OCH3 is 1. The number of carbonyl (C=O) groups is 2. The van der Waals surface area contributed by atoms with E-state index in [1.54, 1.807) is 0 Å². The van der Waals surface area contributed by atoms with Crippen LogP contribution < -0.4 is 5.32 Å². The summed E-state index contributed by atoms with van der Waals surface area (Å²) in [6.45, 7) is 14.7. The number of nitrogens with one attached hydrogen (secondary N) is 1. The maximum atomic E-state index is 12.2. The van der Waals surface area contributed by atoms with Gasteiger partial charge >= 0.3 is 0 Å². The van der Waals surface area contributed by atoms with Crippen molar-refractivity contribution >= 4 is 20.0 Å². The fourth-order valence-electron chi connectivity index (χ4n) is 2.63. The molecule has 1 rings (SSSR count). The van der Waals surface area contributed by atoms with Gasteiger partial charge in [-0.25, -0.2) is 0 Å². The second-order valence-electron chi connectivity index (χ2n) is 8.15. The third-order valence-electron chi connectivity index (χ3n) is 5.28. The van der Waals surface area contributed by atoms with Crippen LogP contribution in [0.1, 0.15) is 34.6 Å². The number of carbonyl (C=O) groups excluding carboxylic acids is 2. The molecule has 1 aliphatic rings. The molecule has 1 aliphatic heterocycles. The van der Waals surface area contributed by atoms with Crippen LogP contribution in [0.4, 0.5) is 0 Å². The van der Waals surface area contributed by atoms with Gasteiger partial charge in [-0.2, -0.15) is 0 Å². The van der Waals surface area contributed by atoms with Crippen LogP contribution >= 0.6 is 0 Å². The average Bonchev–Trinajstić information content (AvgIpc) is 2.41. The molecule has 1 fully saturated rings. The van der Waals surface area contributed by atoms with E-state index in [1.165, 1.54) is 7.11 Å². The molecule has 0 unspecified atom stereocenters. The van der Waals surface area contributed by atoms with Gasteiger partial charge < -0.3 is 19.2 Å². The summed E-state index contributed by atoms with van der Waals surface area (Å²) in [6.07, 6.45) is -0.209. The SMILES string of the molecule is COCOCC(=O)[C@H](C)[C@H]1NC(=O)[C@@H]1[C@@H](C)O[Si](C)(C)C(C)(C)C. The van der Waals surface area contributed by atoms with Gasteiger partial charge in [-0.05, 0) is 25.1 Å². The quantitative estimate of drug-likeness (QED) is 0.296. The van der Waals surface area contributed by atoms with Crippen LogP contribution in [0, 0.1) is 11.8 Å². The van der Waals surface area contributed by atoms with E-state index in [4.69, 9.17) is 13.9 Å². The fraction of sp³-hybridized carbons (Fsp3) is 0.882. The molecule has 7 heteroatoms. The number of rotatable bonds is 9. The minimum absolute atomic E-state index is 0.00836. The van der Waals surface area contributed by atoms with E-state index in [-0.39, 0.29) is 54.1 Å². The predicted octanol–water partition coefficient (Wildman–Crippen LogP) is 2.34. The first-order valence-electron chi connectivity index (χ1n) is 8.50.